The molecular weight excluding hydrogens is 479 g/mol. The van der Waals surface area contributed by atoms with Gasteiger partial charge in [-0.3, -0.25) is 14.6 Å². The second-order valence-corrected chi connectivity index (χ2v) is 8.29. The lowest BCUT2D eigenvalue weighted by molar-refractivity contribution is -0.0333. The van der Waals surface area contributed by atoms with E-state index in [4.69, 9.17) is 9.73 Å². The van der Waals surface area contributed by atoms with Gasteiger partial charge in [-0.15, -0.1) is 24.0 Å². The summed E-state index contributed by atoms with van der Waals surface area (Å²) in [7, 11) is 0. The normalized spacial score (nSPS) is 21.2. The van der Waals surface area contributed by atoms with Crippen LogP contribution < -0.4 is 10.6 Å². The lowest BCUT2D eigenvalue weighted by atomic mass is 9.80. The van der Waals surface area contributed by atoms with Crippen molar-refractivity contribution >= 4 is 29.9 Å². The van der Waals surface area contributed by atoms with Crippen molar-refractivity contribution in [3.63, 3.8) is 0 Å². The first-order chi connectivity index (χ1) is 13.7. The highest BCUT2D eigenvalue weighted by Gasteiger charge is 2.38. The fourth-order valence-electron chi connectivity index (χ4n) is 4.45. The van der Waals surface area contributed by atoms with Crippen LogP contribution in [0.3, 0.4) is 0 Å². The number of aromatic nitrogens is 2. The van der Waals surface area contributed by atoms with Gasteiger partial charge in [0.05, 0.1) is 19.8 Å². The number of ether oxygens (including phenoxy) is 1. The number of nitrogens with zero attached hydrogens (tertiary/aromatic N) is 4. The SMILES string of the molecule is CCNC(=NCC1(N2CCOCC2)CCCCC1)NCC(C)Cn1cccn1.I. The van der Waals surface area contributed by atoms with E-state index in [2.05, 4.69) is 34.5 Å². The summed E-state index contributed by atoms with van der Waals surface area (Å²) in [5, 5.41) is 11.3. The highest BCUT2D eigenvalue weighted by atomic mass is 127. The Kier molecular flexibility index (Phi) is 10.7. The second kappa shape index (κ2) is 12.7. The van der Waals surface area contributed by atoms with E-state index in [0.29, 0.717) is 5.92 Å². The monoisotopic (exact) mass is 518 g/mol. The molecule has 2 fully saturated rings. The van der Waals surface area contributed by atoms with Crippen LogP contribution in [0.5, 0.6) is 0 Å². The first kappa shape index (κ1) is 24.4. The number of morpholine rings is 1. The van der Waals surface area contributed by atoms with Gasteiger partial charge in [-0.1, -0.05) is 26.2 Å². The lowest BCUT2D eigenvalue weighted by Gasteiger charge is -2.47. The Hall–Kier alpha value is -0.870. The molecule has 2 heterocycles. The zero-order valence-corrected chi connectivity index (χ0v) is 20.4. The first-order valence-electron chi connectivity index (χ1n) is 11.0. The summed E-state index contributed by atoms with van der Waals surface area (Å²) in [6.45, 7) is 11.7. The van der Waals surface area contributed by atoms with Crippen LogP contribution in [-0.4, -0.2) is 72.1 Å². The third-order valence-electron chi connectivity index (χ3n) is 6.02. The number of aliphatic imine (C=N–C) groups is 1. The van der Waals surface area contributed by atoms with E-state index in [-0.39, 0.29) is 29.5 Å². The zero-order chi connectivity index (χ0) is 19.7. The molecule has 0 radical (unpaired) electrons. The summed E-state index contributed by atoms with van der Waals surface area (Å²) in [5.41, 5.74) is 0.213. The van der Waals surface area contributed by atoms with Crippen molar-refractivity contribution < 1.29 is 4.74 Å². The van der Waals surface area contributed by atoms with Gasteiger partial charge in [-0.25, -0.2) is 0 Å². The fraction of sp³-hybridized carbons (Fsp3) is 0.810. The minimum absolute atomic E-state index is 0. The quantitative estimate of drug-likeness (QED) is 0.315. The van der Waals surface area contributed by atoms with Crippen molar-refractivity contribution in [1.29, 1.82) is 0 Å². The molecule has 29 heavy (non-hydrogen) atoms. The Labute approximate surface area is 193 Å². The molecule has 0 spiro atoms. The van der Waals surface area contributed by atoms with Crippen LogP contribution in [0.15, 0.2) is 23.5 Å². The number of halogens is 1. The molecule has 1 aliphatic heterocycles. The van der Waals surface area contributed by atoms with Gasteiger partial charge in [0, 0.05) is 50.7 Å². The van der Waals surface area contributed by atoms with Crippen LogP contribution in [0.1, 0.15) is 46.0 Å². The van der Waals surface area contributed by atoms with Gasteiger partial charge in [0.15, 0.2) is 5.96 Å². The number of guanidine groups is 1. The molecule has 166 valence electrons. The number of hydrogen-bond donors (Lipinski definition) is 2. The van der Waals surface area contributed by atoms with Crippen molar-refractivity contribution in [3.8, 4) is 0 Å². The van der Waals surface area contributed by atoms with Crippen LogP contribution in [-0.2, 0) is 11.3 Å². The Morgan fingerprint density at radius 1 is 1.21 bits per heavy atom. The van der Waals surface area contributed by atoms with Crippen molar-refractivity contribution in [2.75, 3.05) is 45.9 Å². The minimum atomic E-state index is 0. The van der Waals surface area contributed by atoms with Gasteiger partial charge in [0.25, 0.3) is 0 Å². The van der Waals surface area contributed by atoms with Gasteiger partial charge in [0.2, 0.25) is 0 Å². The molecule has 1 aromatic heterocycles. The maximum atomic E-state index is 5.60. The Morgan fingerprint density at radius 2 is 1.97 bits per heavy atom. The van der Waals surface area contributed by atoms with E-state index in [0.717, 1.165) is 58.4 Å². The standard InChI is InChI=1S/C21H38N6O.HI/c1-3-22-20(23-16-19(2)17-27-11-7-10-25-27)24-18-21(8-5-4-6-9-21)26-12-14-28-15-13-26;/h7,10-11,19H,3-6,8-9,12-18H2,1-2H3,(H2,22,23,24);1H. The molecule has 0 aromatic carbocycles. The number of rotatable bonds is 8. The fourth-order valence-corrected chi connectivity index (χ4v) is 4.45. The molecule has 2 aliphatic rings. The average Bonchev–Trinajstić information content (AvgIpc) is 3.24. The summed E-state index contributed by atoms with van der Waals surface area (Å²) in [4.78, 5) is 7.70. The van der Waals surface area contributed by atoms with Crippen LogP contribution in [0.2, 0.25) is 0 Å². The number of nitrogens with one attached hydrogen (secondary N) is 2. The summed E-state index contributed by atoms with van der Waals surface area (Å²) in [6, 6.07) is 1.97. The largest absolute Gasteiger partial charge is 0.379 e. The van der Waals surface area contributed by atoms with Gasteiger partial charge in [-0.05, 0) is 31.7 Å². The third-order valence-corrected chi connectivity index (χ3v) is 6.02. The lowest BCUT2D eigenvalue weighted by Crippen LogP contribution is -2.56. The summed E-state index contributed by atoms with van der Waals surface area (Å²) >= 11 is 0. The van der Waals surface area contributed by atoms with E-state index >= 15 is 0 Å². The topological polar surface area (TPSA) is 66.7 Å². The molecule has 0 amide bonds. The molecule has 1 atom stereocenters. The molecule has 8 heteroatoms. The minimum Gasteiger partial charge on any atom is -0.379 e. The van der Waals surface area contributed by atoms with E-state index in [9.17, 15) is 0 Å². The van der Waals surface area contributed by atoms with Crippen LogP contribution in [0, 0.1) is 5.92 Å². The molecule has 1 unspecified atom stereocenters. The summed E-state index contributed by atoms with van der Waals surface area (Å²) in [5.74, 6) is 1.42. The molecular formula is C21H39IN6O. The Morgan fingerprint density at radius 3 is 2.62 bits per heavy atom. The van der Waals surface area contributed by atoms with Gasteiger partial charge in [0.1, 0.15) is 0 Å². The van der Waals surface area contributed by atoms with E-state index in [1.54, 1.807) is 0 Å². The third kappa shape index (κ3) is 7.40. The number of hydrogen-bond acceptors (Lipinski definition) is 4. The summed E-state index contributed by atoms with van der Waals surface area (Å²) < 4.78 is 7.59. The summed E-state index contributed by atoms with van der Waals surface area (Å²) in [6.07, 6.45) is 10.4. The molecule has 1 aliphatic carbocycles. The average molecular weight is 518 g/mol. The molecule has 7 nitrogen and oxygen atoms in total. The van der Waals surface area contributed by atoms with E-state index in [1.165, 1.54) is 32.1 Å². The highest BCUT2D eigenvalue weighted by molar-refractivity contribution is 14.0. The predicted molar refractivity (Wildman–Crippen MR) is 129 cm³/mol. The maximum absolute atomic E-state index is 5.60. The highest BCUT2D eigenvalue weighted by Crippen LogP contribution is 2.34. The van der Waals surface area contributed by atoms with Gasteiger partial charge >= 0.3 is 0 Å². The predicted octanol–water partition coefficient (Wildman–Crippen LogP) is 2.73. The molecule has 3 rings (SSSR count). The molecule has 0 bridgehead atoms. The molecule has 2 N–H and O–H groups in total. The van der Waals surface area contributed by atoms with E-state index < -0.39 is 0 Å². The molecule has 1 aromatic rings. The van der Waals surface area contributed by atoms with Crippen molar-refractivity contribution in [1.82, 2.24) is 25.3 Å². The van der Waals surface area contributed by atoms with Crippen molar-refractivity contribution in [2.45, 2.75) is 58.0 Å². The second-order valence-electron chi connectivity index (χ2n) is 8.29. The van der Waals surface area contributed by atoms with E-state index in [1.807, 2.05) is 23.1 Å². The molecule has 1 saturated heterocycles. The van der Waals surface area contributed by atoms with Crippen molar-refractivity contribution in [2.24, 2.45) is 10.9 Å². The van der Waals surface area contributed by atoms with Crippen molar-refractivity contribution in [3.05, 3.63) is 18.5 Å². The zero-order valence-electron chi connectivity index (χ0n) is 18.1. The van der Waals surface area contributed by atoms with Gasteiger partial charge < -0.3 is 15.4 Å². The smallest absolute Gasteiger partial charge is 0.191 e. The van der Waals surface area contributed by atoms with Crippen LogP contribution >= 0.6 is 24.0 Å². The maximum Gasteiger partial charge on any atom is 0.191 e. The first-order valence-corrected chi connectivity index (χ1v) is 11.0. The van der Waals surface area contributed by atoms with Gasteiger partial charge in [-0.2, -0.15) is 5.10 Å². The molecule has 1 saturated carbocycles. The van der Waals surface area contributed by atoms with Crippen LogP contribution in [0.4, 0.5) is 0 Å². The Balaban J connectivity index is 0.00000300. The van der Waals surface area contributed by atoms with Crippen LogP contribution in [0.25, 0.3) is 0 Å². The Bertz CT molecular complexity index is 582.